The molecule has 0 spiro atoms. The summed E-state index contributed by atoms with van der Waals surface area (Å²) in [6, 6.07) is 3.86. The summed E-state index contributed by atoms with van der Waals surface area (Å²) < 4.78 is 21.5. The average Bonchev–Trinajstić information content (AvgIpc) is 2.62. The summed E-state index contributed by atoms with van der Waals surface area (Å²) in [6.07, 6.45) is 0.760. The molecule has 1 rings (SSSR count). The first kappa shape index (κ1) is 19.9. The molecular formula is C17H29N3O4. The van der Waals surface area contributed by atoms with Crippen LogP contribution in [0.1, 0.15) is 12.5 Å². The summed E-state index contributed by atoms with van der Waals surface area (Å²) in [6.45, 7) is 4.77. The number of hydrogen-bond acceptors (Lipinski definition) is 5. The van der Waals surface area contributed by atoms with E-state index in [1.807, 2.05) is 19.1 Å². The molecule has 7 heteroatoms. The van der Waals surface area contributed by atoms with Crippen molar-refractivity contribution in [1.82, 2.24) is 10.6 Å². The fourth-order valence-electron chi connectivity index (χ4n) is 2.28. The molecule has 0 aromatic heterocycles. The van der Waals surface area contributed by atoms with Crippen molar-refractivity contribution >= 4 is 5.96 Å². The zero-order valence-electron chi connectivity index (χ0n) is 15.3. The Hall–Kier alpha value is -2.15. The molecule has 1 aromatic rings. The van der Waals surface area contributed by atoms with E-state index in [2.05, 4.69) is 15.6 Å². The van der Waals surface area contributed by atoms with E-state index < -0.39 is 0 Å². The molecule has 0 fully saturated rings. The Morgan fingerprint density at radius 2 is 1.71 bits per heavy atom. The molecule has 0 saturated heterocycles. The molecular weight excluding hydrogens is 310 g/mol. The third-order valence-electron chi connectivity index (χ3n) is 3.44. The Morgan fingerprint density at radius 1 is 1.00 bits per heavy atom. The molecule has 0 aliphatic heterocycles. The number of benzene rings is 1. The van der Waals surface area contributed by atoms with Crippen molar-refractivity contribution < 1.29 is 18.9 Å². The molecule has 0 amide bonds. The van der Waals surface area contributed by atoms with E-state index in [0.29, 0.717) is 43.6 Å². The van der Waals surface area contributed by atoms with Crippen LogP contribution < -0.4 is 24.8 Å². The van der Waals surface area contributed by atoms with Crippen LogP contribution >= 0.6 is 0 Å². The Morgan fingerprint density at radius 3 is 2.29 bits per heavy atom. The van der Waals surface area contributed by atoms with E-state index in [4.69, 9.17) is 18.9 Å². The second-order valence-corrected chi connectivity index (χ2v) is 4.87. The third-order valence-corrected chi connectivity index (χ3v) is 3.44. The predicted octanol–water partition coefficient (Wildman–Crippen LogP) is 1.46. The molecule has 24 heavy (non-hydrogen) atoms. The van der Waals surface area contributed by atoms with Crippen LogP contribution in [0.15, 0.2) is 17.1 Å². The lowest BCUT2D eigenvalue weighted by atomic mass is 10.1. The average molecular weight is 339 g/mol. The minimum absolute atomic E-state index is 0.608. The number of methoxy groups -OCH3 is 3. The van der Waals surface area contributed by atoms with Crippen LogP contribution in [0.5, 0.6) is 17.2 Å². The van der Waals surface area contributed by atoms with Crippen LogP contribution in [0, 0.1) is 0 Å². The molecule has 1 aromatic carbocycles. The molecule has 0 atom stereocenters. The first-order valence-electron chi connectivity index (χ1n) is 8.01. The smallest absolute Gasteiger partial charge is 0.203 e. The second-order valence-electron chi connectivity index (χ2n) is 4.87. The van der Waals surface area contributed by atoms with Gasteiger partial charge in [-0.15, -0.1) is 0 Å². The maximum atomic E-state index is 5.49. The quantitative estimate of drug-likeness (QED) is 0.382. The maximum absolute atomic E-state index is 5.49. The van der Waals surface area contributed by atoms with Gasteiger partial charge in [0.05, 0.1) is 27.9 Å². The van der Waals surface area contributed by atoms with Crippen LogP contribution in [0.2, 0.25) is 0 Å². The van der Waals surface area contributed by atoms with Crippen molar-refractivity contribution in [3.63, 3.8) is 0 Å². The van der Waals surface area contributed by atoms with Crippen molar-refractivity contribution in [3.8, 4) is 17.2 Å². The standard InChI is InChI=1S/C17H29N3O4/c1-6-24-12-11-20-17(18-2)19-10-9-13-7-8-14(21-3)16(23-5)15(13)22-4/h7-8H,6,9-12H2,1-5H3,(H2,18,19,20). The van der Waals surface area contributed by atoms with Crippen molar-refractivity contribution in [2.45, 2.75) is 13.3 Å². The Balaban J connectivity index is 2.60. The van der Waals surface area contributed by atoms with E-state index in [0.717, 1.165) is 17.9 Å². The Labute approximate surface area is 144 Å². The lowest BCUT2D eigenvalue weighted by Gasteiger charge is -2.16. The normalized spacial score (nSPS) is 11.1. The van der Waals surface area contributed by atoms with E-state index in [1.165, 1.54) is 0 Å². The van der Waals surface area contributed by atoms with E-state index >= 15 is 0 Å². The van der Waals surface area contributed by atoms with Gasteiger partial charge in [-0.25, -0.2) is 0 Å². The van der Waals surface area contributed by atoms with Crippen LogP contribution in [-0.4, -0.2) is 60.6 Å². The zero-order chi connectivity index (χ0) is 17.8. The topological polar surface area (TPSA) is 73.3 Å². The number of aliphatic imine (C=N–C) groups is 1. The van der Waals surface area contributed by atoms with Gasteiger partial charge in [-0.1, -0.05) is 6.07 Å². The molecule has 0 heterocycles. The van der Waals surface area contributed by atoms with Gasteiger partial charge in [0.25, 0.3) is 0 Å². The number of nitrogens with one attached hydrogen (secondary N) is 2. The molecule has 0 aliphatic rings. The van der Waals surface area contributed by atoms with Crippen molar-refractivity contribution in [2.24, 2.45) is 4.99 Å². The summed E-state index contributed by atoms with van der Waals surface area (Å²) in [5.41, 5.74) is 1.03. The summed E-state index contributed by atoms with van der Waals surface area (Å²) in [7, 11) is 6.58. The van der Waals surface area contributed by atoms with Gasteiger partial charge in [0.1, 0.15) is 0 Å². The summed E-state index contributed by atoms with van der Waals surface area (Å²) in [4.78, 5) is 4.18. The molecule has 0 unspecified atom stereocenters. The van der Waals surface area contributed by atoms with Gasteiger partial charge in [-0.2, -0.15) is 0 Å². The zero-order valence-corrected chi connectivity index (χ0v) is 15.3. The molecule has 7 nitrogen and oxygen atoms in total. The van der Waals surface area contributed by atoms with Crippen molar-refractivity contribution in [1.29, 1.82) is 0 Å². The molecule has 0 radical (unpaired) electrons. The highest BCUT2D eigenvalue weighted by Crippen LogP contribution is 2.39. The fraction of sp³-hybridized carbons (Fsp3) is 0.588. The van der Waals surface area contributed by atoms with E-state index in [1.54, 1.807) is 28.4 Å². The van der Waals surface area contributed by atoms with Crippen LogP contribution in [0.25, 0.3) is 0 Å². The highest BCUT2D eigenvalue weighted by Gasteiger charge is 2.15. The number of rotatable bonds is 10. The Kier molecular flexibility index (Phi) is 9.45. The summed E-state index contributed by atoms with van der Waals surface area (Å²) >= 11 is 0. The van der Waals surface area contributed by atoms with Gasteiger partial charge in [0, 0.05) is 32.3 Å². The second kappa shape index (κ2) is 11.4. The first-order chi connectivity index (χ1) is 11.7. The SMILES string of the molecule is CCOCCNC(=NC)NCCc1ccc(OC)c(OC)c1OC. The first-order valence-corrected chi connectivity index (χ1v) is 8.01. The van der Waals surface area contributed by atoms with Gasteiger partial charge in [0.2, 0.25) is 5.75 Å². The lowest BCUT2D eigenvalue weighted by molar-refractivity contribution is 0.152. The highest BCUT2D eigenvalue weighted by molar-refractivity contribution is 5.79. The number of ether oxygens (including phenoxy) is 4. The molecule has 136 valence electrons. The van der Waals surface area contributed by atoms with Gasteiger partial charge in [-0.05, 0) is 19.4 Å². The molecule has 0 aliphatic carbocycles. The Bertz CT molecular complexity index is 521. The molecule has 0 bridgehead atoms. The summed E-state index contributed by atoms with van der Waals surface area (Å²) in [5, 5.41) is 6.47. The summed E-state index contributed by atoms with van der Waals surface area (Å²) in [5.74, 6) is 2.70. The van der Waals surface area contributed by atoms with E-state index in [-0.39, 0.29) is 0 Å². The monoisotopic (exact) mass is 339 g/mol. The number of hydrogen-bond donors (Lipinski definition) is 2. The number of guanidine groups is 1. The van der Waals surface area contributed by atoms with Gasteiger partial charge >= 0.3 is 0 Å². The maximum Gasteiger partial charge on any atom is 0.203 e. The third kappa shape index (κ3) is 5.81. The number of nitrogens with zero attached hydrogens (tertiary/aromatic N) is 1. The van der Waals surface area contributed by atoms with E-state index in [9.17, 15) is 0 Å². The molecule has 0 saturated carbocycles. The largest absolute Gasteiger partial charge is 0.493 e. The minimum atomic E-state index is 0.608. The van der Waals surface area contributed by atoms with Gasteiger partial charge in [-0.3, -0.25) is 4.99 Å². The van der Waals surface area contributed by atoms with Crippen LogP contribution in [0.4, 0.5) is 0 Å². The minimum Gasteiger partial charge on any atom is -0.493 e. The van der Waals surface area contributed by atoms with Crippen LogP contribution in [0.3, 0.4) is 0 Å². The van der Waals surface area contributed by atoms with Crippen molar-refractivity contribution in [2.75, 3.05) is 54.7 Å². The van der Waals surface area contributed by atoms with Crippen LogP contribution in [-0.2, 0) is 11.2 Å². The van der Waals surface area contributed by atoms with Crippen molar-refractivity contribution in [3.05, 3.63) is 17.7 Å². The lowest BCUT2D eigenvalue weighted by Crippen LogP contribution is -2.39. The highest BCUT2D eigenvalue weighted by atomic mass is 16.5. The molecule has 2 N–H and O–H groups in total. The van der Waals surface area contributed by atoms with Gasteiger partial charge < -0.3 is 29.6 Å². The van der Waals surface area contributed by atoms with Gasteiger partial charge in [0.15, 0.2) is 17.5 Å². The fourth-order valence-corrected chi connectivity index (χ4v) is 2.28. The predicted molar refractivity (Wildman–Crippen MR) is 95.7 cm³/mol.